The molecule has 1 N–H and O–H groups in total. The Morgan fingerprint density at radius 3 is 2.72 bits per heavy atom. The molecule has 1 aliphatic rings. The molecule has 0 aliphatic heterocycles. The molecule has 1 aliphatic carbocycles. The van der Waals surface area contributed by atoms with Crippen molar-refractivity contribution in [3.63, 3.8) is 0 Å². The van der Waals surface area contributed by atoms with E-state index in [2.05, 4.69) is 25.2 Å². The molecule has 1 rings (SSSR count). The van der Waals surface area contributed by atoms with Crippen LogP contribution in [-0.4, -0.2) is 11.1 Å². The van der Waals surface area contributed by atoms with Gasteiger partial charge in [0.25, 0.3) is 0 Å². The van der Waals surface area contributed by atoms with Gasteiger partial charge >= 0.3 is 5.97 Å². The van der Waals surface area contributed by atoms with Crippen molar-refractivity contribution in [2.24, 2.45) is 0 Å². The zero-order valence-corrected chi connectivity index (χ0v) is 11.0. The van der Waals surface area contributed by atoms with Gasteiger partial charge < -0.3 is 5.11 Å². The van der Waals surface area contributed by atoms with Crippen molar-refractivity contribution in [3.05, 3.63) is 59.3 Å². The lowest BCUT2D eigenvalue weighted by molar-refractivity contribution is -0.131. The molecule has 0 atom stereocenters. The number of hydrogen-bond acceptors (Lipinski definition) is 1. The van der Waals surface area contributed by atoms with Crippen molar-refractivity contribution in [1.82, 2.24) is 0 Å². The summed E-state index contributed by atoms with van der Waals surface area (Å²) in [4.78, 5) is 10.4. The Morgan fingerprint density at radius 2 is 2.11 bits per heavy atom. The predicted octanol–water partition coefficient (Wildman–Crippen LogP) is 4.19. The average molecular weight is 244 g/mol. The van der Waals surface area contributed by atoms with Crippen molar-refractivity contribution in [3.8, 4) is 0 Å². The highest BCUT2D eigenvalue weighted by molar-refractivity contribution is 5.81. The SMILES string of the molecule is CC(=C/C=C/C(C)=C/C(=O)O)/C=C1/C=CCCC1. The van der Waals surface area contributed by atoms with Crippen LogP contribution in [0, 0.1) is 0 Å². The van der Waals surface area contributed by atoms with Crippen molar-refractivity contribution < 1.29 is 9.90 Å². The van der Waals surface area contributed by atoms with E-state index < -0.39 is 5.97 Å². The molecule has 0 aromatic carbocycles. The van der Waals surface area contributed by atoms with Crippen LogP contribution >= 0.6 is 0 Å². The fourth-order valence-electron chi connectivity index (χ4n) is 1.80. The monoisotopic (exact) mass is 244 g/mol. The Kier molecular flexibility index (Phi) is 5.92. The third-order valence-corrected chi connectivity index (χ3v) is 2.65. The average Bonchev–Trinajstić information content (AvgIpc) is 2.29. The molecular weight excluding hydrogens is 224 g/mol. The third-order valence-electron chi connectivity index (χ3n) is 2.65. The molecule has 0 fully saturated rings. The van der Waals surface area contributed by atoms with Gasteiger partial charge in [-0.15, -0.1) is 0 Å². The normalized spacial score (nSPS) is 19.8. The summed E-state index contributed by atoms with van der Waals surface area (Å²) < 4.78 is 0. The molecule has 2 nitrogen and oxygen atoms in total. The van der Waals surface area contributed by atoms with Crippen molar-refractivity contribution in [2.75, 3.05) is 0 Å². The number of carboxylic acid groups (broad SMARTS) is 1. The van der Waals surface area contributed by atoms with Crippen LogP contribution in [0.15, 0.2) is 59.3 Å². The predicted molar refractivity (Wildman–Crippen MR) is 75.4 cm³/mol. The third kappa shape index (κ3) is 6.04. The van der Waals surface area contributed by atoms with Gasteiger partial charge in [0.1, 0.15) is 0 Å². The standard InChI is InChI=1S/C16H20O2/c1-13(11-15-9-4-3-5-10-15)7-6-8-14(2)12-16(17)18/h4,6-9,11-12H,3,5,10H2,1-2H3,(H,17,18)/b8-6+,13-7-,14-12+,15-11-. The van der Waals surface area contributed by atoms with Gasteiger partial charge in [0.15, 0.2) is 0 Å². The molecule has 96 valence electrons. The zero-order chi connectivity index (χ0) is 13.4. The van der Waals surface area contributed by atoms with Gasteiger partial charge in [-0.05, 0) is 44.3 Å². The Labute approximate surface area is 109 Å². The maximum atomic E-state index is 10.4. The van der Waals surface area contributed by atoms with Crippen LogP contribution in [0.5, 0.6) is 0 Å². The highest BCUT2D eigenvalue weighted by atomic mass is 16.4. The first-order valence-corrected chi connectivity index (χ1v) is 6.21. The van der Waals surface area contributed by atoms with E-state index in [-0.39, 0.29) is 0 Å². The molecule has 0 spiro atoms. The molecule has 0 bridgehead atoms. The van der Waals surface area contributed by atoms with Gasteiger partial charge in [-0.25, -0.2) is 4.79 Å². The van der Waals surface area contributed by atoms with E-state index in [0.29, 0.717) is 0 Å². The highest BCUT2D eigenvalue weighted by Gasteiger charge is 1.97. The second kappa shape index (κ2) is 7.49. The van der Waals surface area contributed by atoms with Gasteiger partial charge in [0, 0.05) is 6.08 Å². The lowest BCUT2D eigenvalue weighted by Gasteiger charge is -2.06. The minimum Gasteiger partial charge on any atom is -0.478 e. The lowest BCUT2D eigenvalue weighted by atomic mass is 10.00. The number of rotatable bonds is 4. The lowest BCUT2D eigenvalue weighted by Crippen LogP contribution is -1.87. The molecule has 0 heterocycles. The summed E-state index contributed by atoms with van der Waals surface area (Å²) in [5.41, 5.74) is 3.27. The fourth-order valence-corrected chi connectivity index (χ4v) is 1.80. The summed E-state index contributed by atoms with van der Waals surface area (Å²) in [5.74, 6) is -0.910. The first-order valence-electron chi connectivity index (χ1n) is 6.21. The molecule has 0 saturated heterocycles. The molecule has 0 aromatic heterocycles. The van der Waals surface area contributed by atoms with Crippen LogP contribution in [0.25, 0.3) is 0 Å². The van der Waals surface area contributed by atoms with Crippen LogP contribution in [0.2, 0.25) is 0 Å². The summed E-state index contributed by atoms with van der Waals surface area (Å²) in [5, 5.41) is 8.57. The minimum absolute atomic E-state index is 0.733. The Balaban J connectivity index is 2.61. The van der Waals surface area contributed by atoms with E-state index in [1.54, 1.807) is 13.0 Å². The molecule has 2 heteroatoms. The maximum absolute atomic E-state index is 10.4. The van der Waals surface area contributed by atoms with E-state index in [1.165, 1.54) is 30.1 Å². The van der Waals surface area contributed by atoms with Gasteiger partial charge in [0.2, 0.25) is 0 Å². The van der Waals surface area contributed by atoms with Gasteiger partial charge in [-0.2, -0.15) is 0 Å². The molecule has 0 saturated carbocycles. The Morgan fingerprint density at radius 1 is 1.33 bits per heavy atom. The van der Waals surface area contributed by atoms with Gasteiger partial charge in [0.05, 0.1) is 0 Å². The van der Waals surface area contributed by atoms with E-state index in [4.69, 9.17) is 5.11 Å². The van der Waals surface area contributed by atoms with Crippen LogP contribution in [0.1, 0.15) is 33.1 Å². The Bertz CT molecular complexity index is 446. The maximum Gasteiger partial charge on any atom is 0.328 e. The summed E-state index contributed by atoms with van der Waals surface area (Å²) in [6.45, 7) is 3.83. The molecule has 0 aromatic rings. The summed E-state index contributed by atoms with van der Waals surface area (Å²) in [6.07, 6.45) is 17.0. The van der Waals surface area contributed by atoms with Gasteiger partial charge in [-0.1, -0.05) is 42.0 Å². The van der Waals surface area contributed by atoms with Crippen molar-refractivity contribution in [2.45, 2.75) is 33.1 Å². The van der Waals surface area contributed by atoms with E-state index in [0.717, 1.165) is 12.0 Å². The second-order valence-corrected chi connectivity index (χ2v) is 4.51. The van der Waals surface area contributed by atoms with Crippen LogP contribution in [0.3, 0.4) is 0 Å². The quantitative estimate of drug-likeness (QED) is 0.595. The number of allylic oxidation sites excluding steroid dienone is 9. The second-order valence-electron chi connectivity index (χ2n) is 4.51. The van der Waals surface area contributed by atoms with Gasteiger partial charge in [-0.3, -0.25) is 0 Å². The first kappa shape index (κ1) is 14.2. The smallest absolute Gasteiger partial charge is 0.328 e. The summed E-state index contributed by atoms with van der Waals surface area (Å²) in [7, 11) is 0. The van der Waals surface area contributed by atoms with E-state index >= 15 is 0 Å². The molecule has 0 amide bonds. The van der Waals surface area contributed by atoms with Crippen LogP contribution in [-0.2, 0) is 4.79 Å². The minimum atomic E-state index is -0.910. The number of hydrogen-bond donors (Lipinski definition) is 1. The van der Waals surface area contributed by atoms with Crippen molar-refractivity contribution in [1.29, 1.82) is 0 Å². The zero-order valence-electron chi connectivity index (χ0n) is 11.0. The topological polar surface area (TPSA) is 37.3 Å². The highest BCUT2D eigenvalue weighted by Crippen LogP contribution is 2.17. The number of aliphatic carboxylic acids is 1. The molecule has 18 heavy (non-hydrogen) atoms. The number of carbonyl (C=O) groups is 1. The van der Waals surface area contributed by atoms with Crippen LogP contribution < -0.4 is 0 Å². The largest absolute Gasteiger partial charge is 0.478 e. The molecule has 0 unspecified atom stereocenters. The molecular formula is C16H20O2. The molecule has 0 radical (unpaired) electrons. The Hall–Kier alpha value is -1.83. The van der Waals surface area contributed by atoms with E-state index in [1.807, 2.05) is 12.2 Å². The van der Waals surface area contributed by atoms with E-state index in [9.17, 15) is 4.79 Å². The fraction of sp³-hybridized carbons (Fsp3) is 0.312. The van der Waals surface area contributed by atoms with Crippen LogP contribution in [0.4, 0.5) is 0 Å². The number of carboxylic acids is 1. The summed E-state index contributed by atoms with van der Waals surface area (Å²) in [6, 6.07) is 0. The first-order chi connectivity index (χ1) is 8.58. The van der Waals surface area contributed by atoms with Crippen molar-refractivity contribution >= 4 is 5.97 Å². The summed E-state index contributed by atoms with van der Waals surface area (Å²) >= 11 is 0.